The zero-order chi connectivity index (χ0) is 15.2. The fourth-order valence-corrected chi connectivity index (χ4v) is 1.82. The molecule has 2 amide bonds. The van der Waals surface area contributed by atoms with Gasteiger partial charge in [0.2, 0.25) is 0 Å². The molecule has 1 heterocycles. The summed E-state index contributed by atoms with van der Waals surface area (Å²) in [6.45, 7) is 6.41. The van der Waals surface area contributed by atoms with Crippen molar-refractivity contribution in [2.75, 3.05) is 39.4 Å². The molecule has 0 aliphatic carbocycles. The van der Waals surface area contributed by atoms with Gasteiger partial charge in [0, 0.05) is 25.7 Å². The number of amides is 2. The molecule has 0 aromatic carbocycles. The molecule has 0 saturated carbocycles. The molecule has 2 unspecified atom stereocenters. The minimum absolute atomic E-state index is 0.0807. The number of carbonyl (C=O) groups excluding carboxylic acids is 1. The summed E-state index contributed by atoms with van der Waals surface area (Å²) >= 11 is 0. The number of aliphatic carboxylic acids is 1. The van der Waals surface area contributed by atoms with Crippen molar-refractivity contribution in [3.8, 4) is 0 Å². The predicted molar refractivity (Wildman–Crippen MR) is 71.5 cm³/mol. The maximum absolute atomic E-state index is 11.6. The molecule has 4 N–H and O–H groups in total. The Morgan fingerprint density at radius 2 is 2.00 bits per heavy atom. The second-order valence-electron chi connectivity index (χ2n) is 5.22. The molecule has 0 spiro atoms. The number of ether oxygens (including phenoxy) is 1. The van der Waals surface area contributed by atoms with E-state index in [2.05, 4.69) is 15.5 Å². The summed E-state index contributed by atoms with van der Waals surface area (Å²) in [7, 11) is 0. The van der Waals surface area contributed by atoms with E-state index in [9.17, 15) is 14.7 Å². The largest absolute Gasteiger partial charge is 0.479 e. The molecule has 20 heavy (non-hydrogen) atoms. The lowest BCUT2D eigenvalue weighted by Gasteiger charge is -2.29. The number of morpholine rings is 1. The molecule has 2 atom stereocenters. The summed E-state index contributed by atoms with van der Waals surface area (Å²) in [4.78, 5) is 24.5. The Morgan fingerprint density at radius 1 is 1.40 bits per heavy atom. The molecule has 0 radical (unpaired) electrons. The van der Waals surface area contributed by atoms with Crippen LogP contribution in [0.2, 0.25) is 0 Å². The number of nitrogens with one attached hydrogen (secondary N) is 2. The van der Waals surface area contributed by atoms with Gasteiger partial charge >= 0.3 is 12.0 Å². The van der Waals surface area contributed by atoms with Crippen molar-refractivity contribution in [1.82, 2.24) is 15.5 Å². The van der Waals surface area contributed by atoms with Gasteiger partial charge in [-0.05, 0) is 13.8 Å². The van der Waals surface area contributed by atoms with Crippen LogP contribution >= 0.6 is 0 Å². The molecule has 8 heteroatoms. The van der Waals surface area contributed by atoms with Gasteiger partial charge in [-0.1, -0.05) is 0 Å². The Kier molecular flexibility index (Phi) is 6.18. The standard InChI is InChI=1S/C12H23N3O5/c1-9(7-15-3-5-20-6-4-15)14-11(18)13-8-12(2,19)10(16)17/h9,19H,3-8H2,1-2H3,(H,16,17)(H2,13,14,18). The van der Waals surface area contributed by atoms with E-state index in [1.54, 1.807) is 0 Å². The first-order valence-electron chi connectivity index (χ1n) is 6.61. The summed E-state index contributed by atoms with van der Waals surface area (Å²) in [6, 6.07) is -0.574. The lowest BCUT2D eigenvalue weighted by molar-refractivity contribution is -0.155. The topological polar surface area (TPSA) is 111 Å². The van der Waals surface area contributed by atoms with Gasteiger partial charge in [0.1, 0.15) is 0 Å². The van der Waals surface area contributed by atoms with Crippen molar-refractivity contribution < 1.29 is 24.5 Å². The van der Waals surface area contributed by atoms with Crippen LogP contribution in [0, 0.1) is 0 Å². The Balaban J connectivity index is 2.25. The van der Waals surface area contributed by atoms with Gasteiger partial charge in [-0.3, -0.25) is 4.90 Å². The van der Waals surface area contributed by atoms with Crippen molar-refractivity contribution in [1.29, 1.82) is 0 Å². The van der Waals surface area contributed by atoms with Crippen LogP contribution in [0.4, 0.5) is 4.79 Å². The highest BCUT2D eigenvalue weighted by Crippen LogP contribution is 2.01. The van der Waals surface area contributed by atoms with Crippen LogP contribution < -0.4 is 10.6 Å². The van der Waals surface area contributed by atoms with Crippen LogP contribution in [-0.4, -0.2) is 78.1 Å². The van der Waals surface area contributed by atoms with Crippen LogP contribution in [0.5, 0.6) is 0 Å². The zero-order valence-electron chi connectivity index (χ0n) is 11.9. The van der Waals surface area contributed by atoms with E-state index in [4.69, 9.17) is 9.84 Å². The minimum Gasteiger partial charge on any atom is -0.479 e. The fraction of sp³-hybridized carbons (Fsp3) is 0.833. The van der Waals surface area contributed by atoms with Crippen LogP contribution in [0.1, 0.15) is 13.8 Å². The van der Waals surface area contributed by atoms with Gasteiger partial charge in [0.25, 0.3) is 0 Å². The average Bonchev–Trinajstić information content (AvgIpc) is 2.37. The molecule has 1 rings (SSSR count). The first kappa shape index (κ1) is 16.7. The lowest BCUT2D eigenvalue weighted by Crippen LogP contribution is -2.52. The highest BCUT2D eigenvalue weighted by atomic mass is 16.5. The number of hydrogen-bond acceptors (Lipinski definition) is 5. The SMILES string of the molecule is CC(CN1CCOCC1)NC(=O)NCC(C)(O)C(=O)O. The third-order valence-electron chi connectivity index (χ3n) is 3.07. The van der Waals surface area contributed by atoms with E-state index in [1.807, 2.05) is 6.92 Å². The van der Waals surface area contributed by atoms with Crippen molar-refractivity contribution in [2.24, 2.45) is 0 Å². The zero-order valence-corrected chi connectivity index (χ0v) is 11.9. The second kappa shape index (κ2) is 7.41. The van der Waals surface area contributed by atoms with E-state index >= 15 is 0 Å². The van der Waals surface area contributed by atoms with Crippen LogP contribution in [0.15, 0.2) is 0 Å². The van der Waals surface area contributed by atoms with Gasteiger partial charge in [0.05, 0.1) is 19.8 Å². The summed E-state index contributed by atoms with van der Waals surface area (Å²) in [5.74, 6) is -1.38. The lowest BCUT2D eigenvalue weighted by atomic mass is 10.1. The number of carboxylic acid groups (broad SMARTS) is 1. The summed E-state index contributed by atoms with van der Waals surface area (Å²) < 4.78 is 5.24. The minimum atomic E-state index is -1.97. The first-order chi connectivity index (χ1) is 9.31. The molecular weight excluding hydrogens is 266 g/mol. The smallest absolute Gasteiger partial charge is 0.337 e. The Labute approximate surface area is 118 Å². The van der Waals surface area contributed by atoms with E-state index in [0.717, 1.165) is 20.0 Å². The number of urea groups is 1. The fourth-order valence-electron chi connectivity index (χ4n) is 1.82. The van der Waals surface area contributed by atoms with Crippen LogP contribution in [0.3, 0.4) is 0 Å². The molecule has 8 nitrogen and oxygen atoms in total. The predicted octanol–water partition coefficient (Wildman–Crippen LogP) is -1.16. The van der Waals surface area contributed by atoms with E-state index in [-0.39, 0.29) is 12.6 Å². The van der Waals surface area contributed by atoms with Crippen LogP contribution in [0.25, 0.3) is 0 Å². The van der Waals surface area contributed by atoms with Gasteiger partial charge in [-0.25, -0.2) is 9.59 Å². The van der Waals surface area contributed by atoms with E-state index < -0.39 is 17.6 Å². The van der Waals surface area contributed by atoms with Gasteiger partial charge in [-0.2, -0.15) is 0 Å². The number of nitrogens with zero attached hydrogens (tertiary/aromatic N) is 1. The van der Waals surface area contributed by atoms with Crippen molar-refractivity contribution in [3.05, 3.63) is 0 Å². The van der Waals surface area contributed by atoms with E-state index in [1.165, 1.54) is 0 Å². The Hall–Kier alpha value is -1.38. The van der Waals surface area contributed by atoms with Crippen molar-refractivity contribution in [2.45, 2.75) is 25.5 Å². The molecule has 1 aliphatic rings. The Morgan fingerprint density at radius 3 is 2.55 bits per heavy atom. The highest BCUT2D eigenvalue weighted by molar-refractivity contribution is 5.79. The summed E-state index contributed by atoms with van der Waals surface area (Å²) in [5, 5.41) is 23.2. The van der Waals surface area contributed by atoms with Crippen LogP contribution in [-0.2, 0) is 9.53 Å². The van der Waals surface area contributed by atoms with Crippen molar-refractivity contribution in [3.63, 3.8) is 0 Å². The number of carboxylic acids is 1. The van der Waals surface area contributed by atoms with Gasteiger partial charge < -0.3 is 25.6 Å². The third kappa shape index (κ3) is 5.72. The first-order valence-corrected chi connectivity index (χ1v) is 6.61. The monoisotopic (exact) mass is 289 g/mol. The van der Waals surface area contributed by atoms with Gasteiger partial charge in [0.15, 0.2) is 5.60 Å². The molecule has 1 fully saturated rings. The third-order valence-corrected chi connectivity index (χ3v) is 3.07. The Bertz CT molecular complexity index is 342. The van der Waals surface area contributed by atoms with E-state index in [0.29, 0.717) is 19.8 Å². The molecule has 0 aromatic heterocycles. The molecule has 1 saturated heterocycles. The molecule has 0 bridgehead atoms. The normalized spacial score (nSPS) is 20.8. The maximum Gasteiger partial charge on any atom is 0.337 e. The quantitative estimate of drug-likeness (QED) is 0.491. The molecule has 0 aromatic rings. The maximum atomic E-state index is 11.6. The number of carbonyl (C=O) groups is 2. The average molecular weight is 289 g/mol. The van der Waals surface area contributed by atoms with Gasteiger partial charge in [-0.15, -0.1) is 0 Å². The summed E-state index contributed by atoms with van der Waals surface area (Å²) in [6.07, 6.45) is 0. The number of rotatable bonds is 6. The number of aliphatic hydroxyl groups is 1. The molecular formula is C12H23N3O5. The highest BCUT2D eigenvalue weighted by Gasteiger charge is 2.30. The second-order valence-corrected chi connectivity index (χ2v) is 5.22. The number of hydrogen-bond donors (Lipinski definition) is 4. The molecule has 116 valence electrons. The molecule has 1 aliphatic heterocycles. The summed E-state index contributed by atoms with van der Waals surface area (Å²) in [5.41, 5.74) is -1.97. The van der Waals surface area contributed by atoms with Crippen molar-refractivity contribution >= 4 is 12.0 Å².